The minimum Gasteiger partial charge on any atom is -0.311 e. The standard InChI is InChI=1S/C16H27N3/c1-5-12(2)16-11-19(14(4)9-18-16)10-15-6-7-17-8-13(15)3/h6-8,12,14,16,18H,5,9-11H2,1-4H3. The predicted molar refractivity (Wildman–Crippen MR) is 80.1 cm³/mol. The van der Waals surface area contributed by atoms with Crippen LogP contribution in [0, 0.1) is 12.8 Å². The van der Waals surface area contributed by atoms with E-state index < -0.39 is 0 Å². The van der Waals surface area contributed by atoms with Gasteiger partial charge in [0.05, 0.1) is 0 Å². The Morgan fingerprint density at radius 3 is 3.00 bits per heavy atom. The first-order chi connectivity index (χ1) is 9.11. The van der Waals surface area contributed by atoms with Crippen LogP contribution in [-0.2, 0) is 6.54 Å². The van der Waals surface area contributed by atoms with Gasteiger partial charge in [-0.3, -0.25) is 9.88 Å². The van der Waals surface area contributed by atoms with E-state index in [9.17, 15) is 0 Å². The van der Waals surface area contributed by atoms with E-state index >= 15 is 0 Å². The average Bonchev–Trinajstić information content (AvgIpc) is 2.42. The molecule has 0 bridgehead atoms. The van der Waals surface area contributed by atoms with Crippen LogP contribution in [0.25, 0.3) is 0 Å². The van der Waals surface area contributed by atoms with Gasteiger partial charge in [0.1, 0.15) is 0 Å². The molecule has 1 aromatic heterocycles. The molecule has 3 nitrogen and oxygen atoms in total. The first kappa shape index (κ1) is 14.5. The number of hydrogen-bond acceptors (Lipinski definition) is 3. The topological polar surface area (TPSA) is 28.2 Å². The highest BCUT2D eigenvalue weighted by molar-refractivity contribution is 5.21. The Morgan fingerprint density at radius 1 is 1.53 bits per heavy atom. The molecule has 3 unspecified atom stereocenters. The smallest absolute Gasteiger partial charge is 0.0300 e. The van der Waals surface area contributed by atoms with Crippen molar-refractivity contribution in [3.8, 4) is 0 Å². The molecule has 0 saturated carbocycles. The van der Waals surface area contributed by atoms with Crippen molar-refractivity contribution < 1.29 is 0 Å². The van der Waals surface area contributed by atoms with Crippen molar-refractivity contribution in [3.05, 3.63) is 29.6 Å². The number of rotatable bonds is 4. The summed E-state index contributed by atoms with van der Waals surface area (Å²) < 4.78 is 0. The second-order valence-corrected chi connectivity index (χ2v) is 5.98. The molecular formula is C16H27N3. The zero-order valence-electron chi connectivity index (χ0n) is 12.7. The van der Waals surface area contributed by atoms with E-state index in [0.29, 0.717) is 12.1 Å². The molecule has 0 aliphatic carbocycles. The molecular weight excluding hydrogens is 234 g/mol. The van der Waals surface area contributed by atoms with Crippen molar-refractivity contribution in [2.45, 2.75) is 52.7 Å². The van der Waals surface area contributed by atoms with Crippen molar-refractivity contribution >= 4 is 0 Å². The quantitative estimate of drug-likeness (QED) is 0.903. The number of aromatic nitrogens is 1. The Kier molecular flexibility index (Phi) is 4.94. The fourth-order valence-corrected chi connectivity index (χ4v) is 2.73. The minimum atomic E-state index is 0.605. The van der Waals surface area contributed by atoms with Gasteiger partial charge in [-0.15, -0.1) is 0 Å². The molecule has 0 spiro atoms. The highest BCUT2D eigenvalue weighted by Crippen LogP contribution is 2.18. The number of hydrogen-bond donors (Lipinski definition) is 1. The van der Waals surface area contributed by atoms with Crippen LogP contribution in [0.3, 0.4) is 0 Å². The molecule has 1 fully saturated rings. The lowest BCUT2D eigenvalue weighted by atomic mass is 9.95. The monoisotopic (exact) mass is 261 g/mol. The third-order valence-electron chi connectivity index (χ3n) is 4.57. The number of piperazine rings is 1. The van der Waals surface area contributed by atoms with Gasteiger partial charge in [-0.1, -0.05) is 20.3 Å². The summed E-state index contributed by atoms with van der Waals surface area (Å²) in [6.45, 7) is 12.4. The lowest BCUT2D eigenvalue weighted by Gasteiger charge is -2.41. The van der Waals surface area contributed by atoms with Gasteiger partial charge in [0, 0.05) is 44.1 Å². The van der Waals surface area contributed by atoms with Gasteiger partial charge in [-0.2, -0.15) is 0 Å². The lowest BCUT2D eigenvalue weighted by molar-refractivity contribution is 0.111. The second kappa shape index (κ2) is 6.49. The van der Waals surface area contributed by atoms with Crippen molar-refractivity contribution in [2.24, 2.45) is 5.92 Å². The summed E-state index contributed by atoms with van der Waals surface area (Å²) in [5.41, 5.74) is 2.71. The maximum absolute atomic E-state index is 4.18. The van der Waals surface area contributed by atoms with E-state index in [-0.39, 0.29) is 0 Å². The molecule has 19 heavy (non-hydrogen) atoms. The third-order valence-corrected chi connectivity index (χ3v) is 4.57. The van der Waals surface area contributed by atoms with Gasteiger partial charge in [0.25, 0.3) is 0 Å². The van der Waals surface area contributed by atoms with Gasteiger partial charge in [-0.05, 0) is 37.0 Å². The summed E-state index contributed by atoms with van der Waals surface area (Å²) in [7, 11) is 0. The first-order valence-corrected chi connectivity index (χ1v) is 7.48. The Bertz CT molecular complexity index is 405. The Morgan fingerprint density at radius 2 is 2.32 bits per heavy atom. The van der Waals surface area contributed by atoms with Crippen LogP contribution in [0.2, 0.25) is 0 Å². The average molecular weight is 261 g/mol. The highest BCUT2D eigenvalue weighted by Gasteiger charge is 2.27. The normalized spacial score (nSPS) is 26.3. The van der Waals surface area contributed by atoms with Crippen molar-refractivity contribution in [2.75, 3.05) is 13.1 Å². The maximum atomic E-state index is 4.18. The summed E-state index contributed by atoms with van der Waals surface area (Å²) in [5, 5.41) is 3.70. The van der Waals surface area contributed by atoms with Gasteiger partial charge < -0.3 is 5.32 Å². The van der Waals surface area contributed by atoms with E-state index in [1.807, 2.05) is 12.4 Å². The Balaban J connectivity index is 2.03. The summed E-state index contributed by atoms with van der Waals surface area (Å²) in [5.74, 6) is 0.744. The molecule has 0 aromatic carbocycles. The van der Waals surface area contributed by atoms with Crippen molar-refractivity contribution in [1.82, 2.24) is 15.2 Å². The van der Waals surface area contributed by atoms with Crippen LogP contribution in [0.1, 0.15) is 38.3 Å². The van der Waals surface area contributed by atoms with Crippen LogP contribution < -0.4 is 5.32 Å². The molecule has 1 N–H and O–H groups in total. The summed E-state index contributed by atoms with van der Waals surface area (Å²) in [6.07, 6.45) is 5.11. The minimum absolute atomic E-state index is 0.605. The van der Waals surface area contributed by atoms with Crippen LogP contribution in [0.4, 0.5) is 0 Å². The van der Waals surface area contributed by atoms with Crippen LogP contribution in [0.15, 0.2) is 18.5 Å². The molecule has 1 aromatic rings. The highest BCUT2D eigenvalue weighted by atomic mass is 15.2. The largest absolute Gasteiger partial charge is 0.311 e. The molecule has 1 saturated heterocycles. The number of aryl methyl sites for hydroxylation is 1. The van der Waals surface area contributed by atoms with Crippen LogP contribution >= 0.6 is 0 Å². The van der Waals surface area contributed by atoms with Crippen LogP contribution in [-0.4, -0.2) is 35.1 Å². The zero-order chi connectivity index (χ0) is 13.8. The SMILES string of the molecule is CCC(C)C1CN(Cc2ccncc2C)C(C)CN1. The molecule has 0 radical (unpaired) electrons. The fourth-order valence-electron chi connectivity index (χ4n) is 2.73. The molecule has 3 atom stereocenters. The van der Waals surface area contributed by atoms with Crippen LogP contribution in [0.5, 0.6) is 0 Å². The van der Waals surface area contributed by atoms with Gasteiger partial charge >= 0.3 is 0 Å². The second-order valence-electron chi connectivity index (χ2n) is 5.98. The molecule has 1 aliphatic heterocycles. The third kappa shape index (κ3) is 3.54. The van der Waals surface area contributed by atoms with E-state index in [1.165, 1.54) is 17.5 Å². The number of pyridine rings is 1. The molecule has 3 heteroatoms. The van der Waals surface area contributed by atoms with Gasteiger partial charge in [-0.25, -0.2) is 0 Å². The van der Waals surface area contributed by atoms with E-state index in [4.69, 9.17) is 0 Å². The molecule has 2 rings (SSSR count). The zero-order valence-corrected chi connectivity index (χ0v) is 12.7. The van der Waals surface area contributed by atoms with E-state index in [2.05, 4.69) is 49.0 Å². The molecule has 0 amide bonds. The summed E-state index contributed by atoms with van der Waals surface area (Å²) in [4.78, 5) is 6.79. The fraction of sp³-hybridized carbons (Fsp3) is 0.688. The summed E-state index contributed by atoms with van der Waals surface area (Å²) >= 11 is 0. The number of nitrogens with one attached hydrogen (secondary N) is 1. The first-order valence-electron chi connectivity index (χ1n) is 7.48. The molecule has 1 aliphatic rings. The van der Waals surface area contributed by atoms with E-state index in [1.54, 1.807) is 0 Å². The van der Waals surface area contributed by atoms with Crippen molar-refractivity contribution in [3.63, 3.8) is 0 Å². The van der Waals surface area contributed by atoms with E-state index in [0.717, 1.165) is 25.6 Å². The Labute approximate surface area is 117 Å². The summed E-state index contributed by atoms with van der Waals surface area (Å²) in [6, 6.07) is 3.39. The van der Waals surface area contributed by atoms with Gasteiger partial charge in [0.15, 0.2) is 0 Å². The van der Waals surface area contributed by atoms with Gasteiger partial charge in [0.2, 0.25) is 0 Å². The maximum Gasteiger partial charge on any atom is 0.0300 e. The number of nitrogens with zero attached hydrogens (tertiary/aromatic N) is 2. The lowest BCUT2D eigenvalue weighted by Crippen LogP contribution is -2.56. The predicted octanol–water partition coefficient (Wildman–Crippen LogP) is 2.60. The molecule has 106 valence electrons. The molecule has 2 heterocycles. The van der Waals surface area contributed by atoms with Crippen molar-refractivity contribution in [1.29, 1.82) is 0 Å². The Hall–Kier alpha value is -0.930.